The van der Waals surface area contributed by atoms with Crippen molar-refractivity contribution in [1.29, 1.82) is 0 Å². The Bertz CT molecular complexity index is 935. The molecule has 0 atom stereocenters. The number of hydrogen-bond donors (Lipinski definition) is 0. The van der Waals surface area contributed by atoms with Crippen LogP contribution in [0.15, 0.2) is 61.1 Å². The van der Waals surface area contributed by atoms with Crippen LogP contribution in [0.4, 0.5) is 5.82 Å². The van der Waals surface area contributed by atoms with E-state index in [1.807, 2.05) is 70.3 Å². The lowest BCUT2D eigenvalue weighted by Crippen LogP contribution is -2.40. The summed E-state index contributed by atoms with van der Waals surface area (Å²) in [6.45, 7) is 3.09. The van der Waals surface area contributed by atoms with E-state index in [2.05, 4.69) is 10.1 Å². The normalized spacial score (nSPS) is 14.1. The fourth-order valence-corrected chi connectivity index (χ4v) is 3.23. The topological polar surface area (TPSA) is 63.5 Å². The molecule has 0 saturated carbocycles. The number of para-hydroxylation sites is 1. The number of aromatic nitrogens is 3. The van der Waals surface area contributed by atoms with E-state index in [1.165, 1.54) is 0 Å². The van der Waals surface area contributed by atoms with Gasteiger partial charge in [0.25, 0.3) is 5.91 Å². The molecule has 7 nitrogen and oxygen atoms in total. The molecule has 1 saturated heterocycles. The number of nitrogens with zero attached hydrogens (tertiary/aromatic N) is 5. The van der Waals surface area contributed by atoms with E-state index in [4.69, 9.17) is 4.74 Å². The van der Waals surface area contributed by atoms with E-state index in [1.54, 1.807) is 12.3 Å². The molecule has 7 heteroatoms. The highest BCUT2D eigenvalue weighted by atomic mass is 16.5. The standard InChI is InChI=1S/C21H23N5O2/c1-24(15-17-14-23-26(16-17)19-5-3-2-4-6-19)20-13-18(7-8-22-20)21(27)25-9-11-28-12-10-25/h2-8,13-14,16H,9-12,15H2,1H3. The molecule has 1 amide bonds. The number of morpholine rings is 1. The van der Waals surface area contributed by atoms with Crippen molar-refractivity contribution in [3.05, 3.63) is 72.2 Å². The SMILES string of the molecule is CN(Cc1cnn(-c2ccccc2)c1)c1cc(C(=O)N2CCOCC2)ccn1. The molecule has 1 aliphatic rings. The van der Waals surface area contributed by atoms with Crippen LogP contribution in [-0.4, -0.2) is 58.9 Å². The number of rotatable bonds is 5. The number of anilines is 1. The summed E-state index contributed by atoms with van der Waals surface area (Å²) in [4.78, 5) is 21.0. The predicted octanol–water partition coefficient (Wildman–Crippen LogP) is 2.38. The first-order valence-electron chi connectivity index (χ1n) is 9.34. The van der Waals surface area contributed by atoms with Crippen LogP contribution in [0, 0.1) is 0 Å². The molecule has 3 heterocycles. The quantitative estimate of drug-likeness (QED) is 0.683. The molecule has 0 unspecified atom stereocenters. The Morgan fingerprint density at radius 2 is 1.96 bits per heavy atom. The Morgan fingerprint density at radius 1 is 1.18 bits per heavy atom. The summed E-state index contributed by atoms with van der Waals surface area (Å²) < 4.78 is 7.18. The van der Waals surface area contributed by atoms with Gasteiger partial charge in [-0.3, -0.25) is 4.79 Å². The van der Waals surface area contributed by atoms with Gasteiger partial charge in [0.1, 0.15) is 5.82 Å². The van der Waals surface area contributed by atoms with Gasteiger partial charge in [-0.15, -0.1) is 0 Å². The molecule has 2 aromatic heterocycles. The Labute approximate surface area is 164 Å². The minimum Gasteiger partial charge on any atom is -0.378 e. The maximum atomic E-state index is 12.7. The monoisotopic (exact) mass is 377 g/mol. The van der Waals surface area contributed by atoms with Crippen LogP contribution in [0.1, 0.15) is 15.9 Å². The Kier molecular flexibility index (Phi) is 5.34. The average molecular weight is 377 g/mol. The van der Waals surface area contributed by atoms with Crippen molar-refractivity contribution in [3.63, 3.8) is 0 Å². The first-order chi connectivity index (χ1) is 13.7. The molecule has 0 spiro atoms. The number of carbonyl (C=O) groups excluding carboxylic acids is 1. The Morgan fingerprint density at radius 3 is 2.75 bits per heavy atom. The summed E-state index contributed by atoms with van der Waals surface area (Å²) in [5.74, 6) is 0.781. The van der Waals surface area contributed by atoms with Crippen LogP contribution in [0.2, 0.25) is 0 Å². The van der Waals surface area contributed by atoms with Gasteiger partial charge in [0.05, 0.1) is 25.1 Å². The number of pyridine rings is 1. The van der Waals surface area contributed by atoms with Crippen LogP contribution in [0.25, 0.3) is 5.69 Å². The molecule has 1 aromatic carbocycles. The van der Waals surface area contributed by atoms with Crippen LogP contribution in [-0.2, 0) is 11.3 Å². The van der Waals surface area contributed by atoms with Gasteiger partial charge in [0.15, 0.2) is 0 Å². The molecular formula is C21H23N5O2. The number of amides is 1. The maximum Gasteiger partial charge on any atom is 0.254 e. The van der Waals surface area contributed by atoms with Crippen molar-refractivity contribution in [2.45, 2.75) is 6.54 Å². The summed E-state index contributed by atoms with van der Waals surface area (Å²) in [6, 6.07) is 13.6. The van der Waals surface area contributed by atoms with Crippen molar-refractivity contribution in [1.82, 2.24) is 19.7 Å². The lowest BCUT2D eigenvalue weighted by molar-refractivity contribution is 0.0303. The fraction of sp³-hybridized carbons (Fsp3) is 0.286. The summed E-state index contributed by atoms with van der Waals surface area (Å²) in [6.07, 6.45) is 5.55. The van der Waals surface area contributed by atoms with Gasteiger partial charge in [0.2, 0.25) is 0 Å². The second-order valence-electron chi connectivity index (χ2n) is 6.79. The van der Waals surface area contributed by atoms with Crippen molar-refractivity contribution in [3.8, 4) is 5.69 Å². The third kappa shape index (κ3) is 4.04. The summed E-state index contributed by atoms with van der Waals surface area (Å²) in [7, 11) is 1.96. The first-order valence-corrected chi connectivity index (χ1v) is 9.34. The number of carbonyl (C=O) groups is 1. The van der Waals surface area contributed by atoms with Gasteiger partial charge in [-0.05, 0) is 24.3 Å². The van der Waals surface area contributed by atoms with E-state index in [0.717, 1.165) is 17.1 Å². The van der Waals surface area contributed by atoms with Crippen LogP contribution < -0.4 is 4.90 Å². The highest BCUT2D eigenvalue weighted by molar-refractivity contribution is 5.94. The number of benzene rings is 1. The van der Waals surface area contributed by atoms with Crippen molar-refractivity contribution >= 4 is 11.7 Å². The van der Waals surface area contributed by atoms with E-state index >= 15 is 0 Å². The van der Waals surface area contributed by atoms with Gasteiger partial charge in [-0.2, -0.15) is 5.10 Å². The predicted molar refractivity (Wildman–Crippen MR) is 107 cm³/mol. The first kappa shape index (κ1) is 18.2. The third-order valence-corrected chi connectivity index (χ3v) is 4.76. The van der Waals surface area contributed by atoms with Gasteiger partial charge in [-0.1, -0.05) is 18.2 Å². The van der Waals surface area contributed by atoms with Gasteiger partial charge in [-0.25, -0.2) is 9.67 Å². The van der Waals surface area contributed by atoms with Gasteiger partial charge < -0.3 is 14.5 Å². The summed E-state index contributed by atoms with van der Waals surface area (Å²) in [5.41, 5.74) is 2.74. The number of hydrogen-bond acceptors (Lipinski definition) is 5. The van der Waals surface area contributed by atoms with Crippen LogP contribution in [0.5, 0.6) is 0 Å². The summed E-state index contributed by atoms with van der Waals surface area (Å²) in [5, 5.41) is 4.44. The summed E-state index contributed by atoms with van der Waals surface area (Å²) >= 11 is 0. The molecule has 28 heavy (non-hydrogen) atoms. The van der Waals surface area contributed by atoms with E-state index in [9.17, 15) is 4.79 Å². The fourth-order valence-electron chi connectivity index (χ4n) is 3.23. The van der Waals surface area contributed by atoms with Crippen LogP contribution in [0.3, 0.4) is 0 Å². The molecule has 1 fully saturated rings. The van der Waals surface area contributed by atoms with Gasteiger partial charge in [0, 0.05) is 50.2 Å². The number of ether oxygens (including phenoxy) is 1. The van der Waals surface area contributed by atoms with Crippen molar-refractivity contribution in [2.24, 2.45) is 0 Å². The Hall–Kier alpha value is -3.19. The van der Waals surface area contributed by atoms with E-state index in [0.29, 0.717) is 38.4 Å². The zero-order valence-corrected chi connectivity index (χ0v) is 15.9. The third-order valence-electron chi connectivity index (χ3n) is 4.76. The smallest absolute Gasteiger partial charge is 0.254 e. The lowest BCUT2D eigenvalue weighted by Gasteiger charge is -2.27. The molecule has 0 aliphatic carbocycles. The molecule has 0 radical (unpaired) electrons. The zero-order valence-electron chi connectivity index (χ0n) is 15.9. The minimum absolute atomic E-state index is 0.0252. The second kappa shape index (κ2) is 8.22. The molecule has 1 aliphatic heterocycles. The molecular weight excluding hydrogens is 354 g/mol. The van der Waals surface area contributed by atoms with Crippen LogP contribution >= 0.6 is 0 Å². The molecule has 0 N–H and O–H groups in total. The average Bonchev–Trinajstić information content (AvgIpc) is 3.23. The van der Waals surface area contributed by atoms with E-state index < -0.39 is 0 Å². The Balaban J connectivity index is 1.46. The minimum atomic E-state index is 0.0252. The largest absolute Gasteiger partial charge is 0.378 e. The zero-order chi connectivity index (χ0) is 19.3. The molecule has 4 rings (SSSR count). The highest BCUT2D eigenvalue weighted by Gasteiger charge is 2.19. The molecule has 3 aromatic rings. The van der Waals surface area contributed by atoms with Crippen molar-refractivity contribution < 1.29 is 9.53 Å². The van der Waals surface area contributed by atoms with E-state index in [-0.39, 0.29) is 5.91 Å². The van der Waals surface area contributed by atoms with Crippen molar-refractivity contribution in [2.75, 3.05) is 38.3 Å². The molecule has 0 bridgehead atoms. The highest BCUT2D eigenvalue weighted by Crippen LogP contribution is 2.17. The van der Waals surface area contributed by atoms with Gasteiger partial charge >= 0.3 is 0 Å². The molecule has 144 valence electrons. The maximum absolute atomic E-state index is 12.7. The second-order valence-corrected chi connectivity index (χ2v) is 6.79. The lowest BCUT2D eigenvalue weighted by atomic mass is 10.2.